The standard InChI is InChI=1S/C34H34N8O8/c1-33(2,3)50-32(46)42-24-14-18(22-16-34(22)21-15-19(47-4)7-9-23(21)41(30(34)43)31(44)45)6-8-20(24)27(39-42)38-28-26(48-5)29(37-25(17-35)36-28)40-10-12-49-13-11-40/h6-9,14-15,22H,10-13,16H2,1-5H3,(H,44,45)(H,36,37,38,39)/t22-,34-/m0/s1. The molecule has 2 fully saturated rings. The fraction of sp³-hybridized carbons (Fsp3) is 0.382. The highest BCUT2D eigenvalue weighted by molar-refractivity contribution is 6.22. The number of hydrogen-bond acceptors (Lipinski definition) is 13. The summed E-state index contributed by atoms with van der Waals surface area (Å²) in [6.07, 6.45) is -1.76. The molecular formula is C34H34N8O8. The number of nitrogens with one attached hydrogen (secondary N) is 1. The van der Waals surface area contributed by atoms with Crippen LogP contribution in [-0.4, -0.2) is 89.1 Å². The molecule has 2 N–H and O–H groups in total. The summed E-state index contributed by atoms with van der Waals surface area (Å²) in [4.78, 5) is 51.1. The third kappa shape index (κ3) is 5.26. The zero-order chi connectivity index (χ0) is 35.5. The Morgan fingerprint density at radius 2 is 1.84 bits per heavy atom. The fourth-order valence-electron chi connectivity index (χ4n) is 6.76. The number of ether oxygens (including phenoxy) is 4. The highest BCUT2D eigenvalue weighted by Crippen LogP contribution is 2.67. The Bertz CT molecular complexity index is 2110. The molecule has 3 aliphatic rings. The van der Waals surface area contributed by atoms with Crippen LogP contribution in [0.15, 0.2) is 36.4 Å². The summed E-state index contributed by atoms with van der Waals surface area (Å²) in [5, 5.41) is 28.0. The number of nitrogens with zero attached hydrogens (tertiary/aromatic N) is 7. The van der Waals surface area contributed by atoms with Gasteiger partial charge in [0.25, 0.3) is 0 Å². The van der Waals surface area contributed by atoms with Crippen molar-refractivity contribution in [2.45, 2.75) is 44.1 Å². The Balaban J connectivity index is 1.32. The lowest BCUT2D eigenvalue weighted by molar-refractivity contribution is -0.119. The van der Waals surface area contributed by atoms with Crippen molar-refractivity contribution in [1.82, 2.24) is 19.7 Å². The fourth-order valence-corrected chi connectivity index (χ4v) is 6.76. The van der Waals surface area contributed by atoms with E-state index in [-0.39, 0.29) is 23.2 Å². The predicted octanol–water partition coefficient (Wildman–Crippen LogP) is 4.53. The molecule has 258 valence electrons. The lowest BCUT2D eigenvalue weighted by Crippen LogP contribution is -2.37. The summed E-state index contributed by atoms with van der Waals surface area (Å²) in [5.74, 6) is 0.541. The van der Waals surface area contributed by atoms with Crippen LogP contribution in [0.4, 0.5) is 32.7 Å². The van der Waals surface area contributed by atoms with E-state index in [1.807, 2.05) is 17.0 Å². The van der Waals surface area contributed by atoms with Gasteiger partial charge in [0.2, 0.25) is 17.5 Å². The molecule has 50 heavy (non-hydrogen) atoms. The van der Waals surface area contributed by atoms with E-state index in [1.165, 1.54) is 14.2 Å². The van der Waals surface area contributed by atoms with Gasteiger partial charge in [0.15, 0.2) is 17.5 Å². The second kappa shape index (κ2) is 11.9. The van der Waals surface area contributed by atoms with E-state index in [9.17, 15) is 24.8 Å². The van der Waals surface area contributed by atoms with Crippen molar-refractivity contribution in [3.8, 4) is 17.6 Å². The highest BCUT2D eigenvalue weighted by Gasteiger charge is 2.68. The Kier molecular flexibility index (Phi) is 7.74. The Morgan fingerprint density at radius 3 is 2.50 bits per heavy atom. The molecule has 0 bridgehead atoms. The van der Waals surface area contributed by atoms with E-state index in [0.29, 0.717) is 72.0 Å². The molecular weight excluding hydrogens is 648 g/mol. The molecule has 4 heterocycles. The monoisotopic (exact) mass is 682 g/mol. The quantitative estimate of drug-likeness (QED) is 0.288. The van der Waals surface area contributed by atoms with Crippen LogP contribution in [0.3, 0.4) is 0 Å². The molecule has 16 heteroatoms. The maximum Gasteiger partial charge on any atom is 0.435 e. The van der Waals surface area contributed by atoms with Crippen LogP contribution in [0.2, 0.25) is 0 Å². The molecule has 2 aromatic carbocycles. The van der Waals surface area contributed by atoms with Gasteiger partial charge in [-0.2, -0.15) is 19.9 Å². The summed E-state index contributed by atoms with van der Waals surface area (Å²) in [5.41, 5.74) is -0.0306. The molecule has 0 unspecified atom stereocenters. The molecule has 7 rings (SSSR count). The topological polar surface area (TPSA) is 194 Å². The number of nitriles is 1. The van der Waals surface area contributed by atoms with Crippen LogP contribution >= 0.6 is 0 Å². The van der Waals surface area contributed by atoms with Gasteiger partial charge in [-0.3, -0.25) is 4.79 Å². The van der Waals surface area contributed by atoms with E-state index >= 15 is 0 Å². The van der Waals surface area contributed by atoms with Crippen LogP contribution in [0, 0.1) is 11.3 Å². The number of anilines is 4. The number of hydrogen-bond donors (Lipinski definition) is 2. The first-order chi connectivity index (χ1) is 23.9. The van der Waals surface area contributed by atoms with Crippen LogP contribution in [-0.2, 0) is 19.7 Å². The molecule has 1 saturated carbocycles. The third-order valence-electron chi connectivity index (χ3n) is 9.04. The second-order valence-electron chi connectivity index (χ2n) is 13.1. The maximum atomic E-state index is 13.8. The first-order valence-electron chi connectivity index (χ1n) is 15.9. The molecule has 0 radical (unpaired) electrons. The van der Waals surface area contributed by atoms with E-state index in [0.717, 1.165) is 9.58 Å². The zero-order valence-corrected chi connectivity index (χ0v) is 28.0. The zero-order valence-electron chi connectivity index (χ0n) is 28.0. The number of aromatic nitrogens is 4. The van der Waals surface area contributed by atoms with E-state index < -0.39 is 35.0 Å². The normalized spacial score (nSPS) is 19.7. The first kappa shape index (κ1) is 32.6. The number of imide groups is 1. The first-order valence-corrected chi connectivity index (χ1v) is 15.9. The minimum Gasteiger partial charge on any atom is -0.497 e. The minimum absolute atomic E-state index is 0.0967. The van der Waals surface area contributed by atoms with Gasteiger partial charge < -0.3 is 34.3 Å². The number of amides is 2. The molecule has 2 atom stereocenters. The van der Waals surface area contributed by atoms with Gasteiger partial charge in [0, 0.05) is 24.4 Å². The van der Waals surface area contributed by atoms with Crippen molar-refractivity contribution >= 4 is 52.1 Å². The molecule has 2 amide bonds. The van der Waals surface area contributed by atoms with E-state index in [2.05, 4.69) is 20.4 Å². The van der Waals surface area contributed by atoms with E-state index in [4.69, 9.17) is 18.9 Å². The van der Waals surface area contributed by atoms with Gasteiger partial charge in [-0.1, -0.05) is 6.07 Å². The highest BCUT2D eigenvalue weighted by atomic mass is 16.6. The largest absolute Gasteiger partial charge is 0.497 e. The molecule has 1 aliphatic carbocycles. The van der Waals surface area contributed by atoms with Gasteiger partial charge in [0.05, 0.1) is 44.1 Å². The molecule has 1 spiro atoms. The average Bonchev–Trinajstić information content (AvgIpc) is 3.68. The number of carboxylic acid groups (broad SMARTS) is 1. The van der Waals surface area contributed by atoms with Gasteiger partial charge in [-0.15, -0.1) is 5.10 Å². The number of rotatable bonds is 6. The van der Waals surface area contributed by atoms with Crippen molar-refractivity contribution in [1.29, 1.82) is 5.26 Å². The Morgan fingerprint density at radius 1 is 1.08 bits per heavy atom. The number of benzene rings is 2. The van der Waals surface area contributed by atoms with E-state index in [1.54, 1.807) is 51.1 Å². The third-order valence-corrected chi connectivity index (χ3v) is 9.04. The van der Waals surface area contributed by atoms with Crippen molar-refractivity contribution in [3.63, 3.8) is 0 Å². The van der Waals surface area contributed by atoms with Crippen molar-refractivity contribution < 1.29 is 38.4 Å². The smallest absolute Gasteiger partial charge is 0.435 e. The Labute approximate surface area is 286 Å². The van der Waals surface area contributed by atoms with Gasteiger partial charge in [0.1, 0.15) is 17.4 Å². The van der Waals surface area contributed by atoms with Crippen molar-refractivity contribution in [2.24, 2.45) is 0 Å². The summed E-state index contributed by atoms with van der Waals surface area (Å²) in [6.45, 7) is 7.24. The molecule has 1 saturated heterocycles. The lowest BCUT2D eigenvalue weighted by Gasteiger charge is -2.29. The van der Waals surface area contributed by atoms with Crippen LogP contribution in [0.1, 0.15) is 50.1 Å². The molecule has 2 aliphatic heterocycles. The summed E-state index contributed by atoms with van der Waals surface area (Å²) < 4.78 is 23.4. The maximum absolute atomic E-state index is 13.8. The minimum atomic E-state index is -1.37. The molecule has 16 nitrogen and oxygen atoms in total. The molecule has 4 aromatic rings. The predicted molar refractivity (Wildman–Crippen MR) is 179 cm³/mol. The average molecular weight is 683 g/mol. The number of fused-ring (bicyclic) bond motifs is 3. The number of carbonyl (C=O) groups excluding carboxylic acids is 2. The van der Waals surface area contributed by atoms with Crippen LogP contribution in [0.5, 0.6) is 11.5 Å². The summed E-state index contributed by atoms with van der Waals surface area (Å²) in [6, 6.07) is 12.2. The number of methoxy groups -OCH3 is 2. The van der Waals surface area contributed by atoms with Gasteiger partial charge in [-0.25, -0.2) is 14.5 Å². The number of morpholine rings is 1. The van der Waals surface area contributed by atoms with Gasteiger partial charge >= 0.3 is 12.2 Å². The lowest BCUT2D eigenvalue weighted by atomic mass is 9.91. The van der Waals surface area contributed by atoms with Gasteiger partial charge in [-0.05, 0) is 68.7 Å². The van der Waals surface area contributed by atoms with Crippen LogP contribution < -0.4 is 24.6 Å². The summed E-state index contributed by atoms with van der Waals surface area (Å²) >= 11 is 0. The SMILES string of the molecule is COc1ccc2c(c1)[C@]1(C[C@H]1c1ccc3c(Nc4nc(C#N)nc(N5CCOCC5)c4OC)nn(C(=O)OC(C)(C)C)c3c1)C(=O)N2C(=O)O. The van der Waals surface area contributed by atoms with Crippen molar-refractivity contribution in [2.75, 3.05) is 55.6 Å². The number of carbonyl (C=O) groups is 3. The Hall–Kier alpha value is -5.95. The summed E-state index contributed by atoms with van der Waals surface area (Å²) in [7, 11) is 2.97. The molecule has 2 aromatic heterocycles. The second-order valence-corrected chi connectivity index (χ2v) is 13.1. The van der Waals surface area contributed by atoms with Crippen molar-refractivity contribution in [3.05, 3.63) is 53.3 Å². The van der Waals surface area contributed by atoms with Crippen LogP contribution in [0.25, 0.3) is 10.9 Å².